The summed E-state index contributed by atoms with van der Waals surface area (Å²) in [6, 6.07) is 1.18. The van der Waals surface area contributed by atoms with Gasteiger partial charge in [0.1, 0.15) is 12.1 Å². The molecule has 0 aromatic carbocycles. The van der Waals surface area contributed by atoms with E-state index in [0.29, 0.717) is 12.2 Å². The maximum atomic E-state index is 11.0. The quantitative estimate of drug-likeness (QED) is 0.801. The number of carboxylic acids is 1. The molecule has 1 aromatic rings. The van der Waals surface area contributed by atoms with Gasteiger partial charge in [-0.3, -0.25) is 0 Å². The van der Waals surface area contributed by atoms with Crippen LogP contribution in [0, 0.1) is 11.3 Å². The second-order valence-electron chi connectivity index (χ2n) is 3.21. The van der Waals surface area contributed by atoms with Crippen molar-refractivity contribution in [2.45, 2.75) is 19.4 Å². The Kier molecular flexibility index (Phi) is 3.78. The molecule has 6 heteroatoms. The lowest BCUT2D eigenvalue weighted by molar-refractivity contribution is -0.138. The number of carboxylic acid groups (broad SMARTS) is 1. The summed E-state index contributed by atoms with van der Waals surface area (Å²) in [5.74, 6) is -0.654. The van der Waals surface area contributed by atoms with Crippen LogP contribution >= 0.6 is 0 Å². The van der Waals surface area contributed by atoms with E-state index in [9.17, 15) is 4.79 Å². The van der Waals surface area contributed by atoms with E-state index in [2.05, 4.69) is 9.97 Å². The number of aromatic nitrogens is 2. The van der Waals surface area contributed by atoms with Crippen molar-refractivity contribution in [3.63, 3.8) is 0 Å². The molecule has 0 aliphatic heterocycles. The number of aliphatic carboxylic acids is 1. The van der Waals surface area contributed by atoms with E-state index in [0.717, 1.165) is 0 Å². The molecule has 0 saturated heterocycles. The normalized spacial score (nSPS) is 11.6. The van der Waals surface area contributed by atoms with Crippen LogP contribution in [0.15, 0.2) is 12.4 Å². The Hall–Kier alpha value is -2.16. The molecule has 0 amide bonds. The highest BCUT2D eigenvalue weighted by atomic mass is 16.4. The van der Waals surface area contributed by atoms with E-state index in [1.165, 1.54) is 17.3 Å². The molecule has 0 aliphatic carbocycles. The van der Waals surface area contributed by atoms with Crippen LogP contribution in [-0.4, -0.2) is 34.1 Å². The largest absolute Gasteiger partial charge is 0.480 e. The van der Waals surface area contributed by atoms with Gasteiger partial charge >= 0.3 is 5.97 Å². The molecule has 1 aromatic heterocycles. The zero-order chi connectivity index (χ0) is 12.1. The number of likely N-dealkylation sites (N-methyl/N-ethyl adjacent to an activating group) is 1. The third-order valence-corrected chi connectivity index (χ3v) is 2.26. The Balaban J connectivity index is 3.08. The lowest BCUT2D eigenvalue weighted by atomic mass is 10.2. The number of carbonyl (C=O) groups is 1. The van der Waals surface area contributed by atoms with Crippen molar-refractivity contribution < 1.29 is 9.90 Å². The van der Waals surface area contributed by atoms with Crippen LogP contribution in [0.3, 0.4) is 0 Å². The van der Waals surface area contributed by atoms with E-state index in [1.54, 1.807) is 14.0 Å². The Morgan fingerprint density at radius 1 is 1.62 bits per heavy atom. The summed E-state index contributed by atoms with van der Waals surface area (Å²) in [7, 11) is 1.59. The van der Waals surface area contributed by atoms with Gasteiger partial charge in [-0.25, -0.2) is 14.8 Å². The van der Waals surface area contributed by atoms with Crippen LogP contribution in [0.4, 0.5) is 5.82 Å². The molecule has 0 fully saturated rings. The Labute approximate surface area is 93.2 Å². The Bertz CT molecular complexity index is 427. The van der Waals surface area contributed by atoms with Gasteiger partial charge in [0.15, 0.2) is 11.5 Å². The van der Waals surface area contributed by atoms with Crippen molar-refractivity contribution in [3.05, 3.63) is 18.1 Å². The maximum Gasteiger partial charge on any atom is 0.326 e. The molecule has 1 unspecified atom stereocenters. The second-order valence-corrected chi connectivity index (χ2v) is 3.21. The van der Waals surface area contributed by atoms with Crippen molar-refractivity contribution in [1.82, 2.24) is 9.97 Å². The van der Waals surface area contributed by atoms with Crippen LogP contribution in [0.25, 0.3) is 0 Å². The third kappa shape index (κ3) is 2.25. The molecule has 0 bridgehead atoms. The molecular formula is C10H12N4O2. The summed E-state index contributed by atoms with van der Waals surface area (Å²) in [4.78, 5) is 20.2. The average Bonchev–Trinajstić information content (AvgIpc) is 2.29. The number of nitriles is 1. The van der Waals surface area contributed by atoms with Gasteiger partial charge in [-0.05, 0) is 6.42 Å². The van der Waals surface area contributed by atoms with Crippen molar-refractivity contribution in [2.24, 2.45) is 0 Å². The summed E-state index contributed by atoms with van der Waals surface area (Å²) in [5.41, 5.74) is 0.129. The van der Waals surface area contributed by atoms with Gasteiger partial charge in [0, 0.05) is 19.4 Å². The minimum Gasteiger partial charge on any atom is -0.480 e. The van der Waals surface area contributed by atoms with Crippen molar-refractivity contribution in [1.29, 1.82) is 5.26 Å². The molecule has 84 valence electrons. The van der Waals surface area contributed by atoms with Crippen LogP contribution in [0.1, 0.15) is 19.0 Å². The molecule has 6 nitrogen and oxygen atoms in total. The first kappa shape index (κ1) is 11.9. The topological polar surface area (TPSA) is 90.1 Å². The predicted molar refractivity (Wildman–Crippen MR) is 56.9 cm³/mol. The van der Waals surface area contributed by atoms with Gasteiger partial charge in [-0.2, -0.15) is 5.26 Å². The van der Waals surface area contributed by atoms with Gasteiger partial charge in [0.05, 0.1) is 0 Å². The van der Waals surface area contributed by atoms with Gasteiger partial charge in [0.2, 0.25) is 0 Å². The first-order valence-electron chi connectivity index (χ1n) is 4.78. The van der Waals surface area contributed by atoms with Crippen LogP contribution in [0.2, 0.25) is 0 Å². The second kappa shape index (κ2) is 5.07. The first-order chi connectivity index (χ1) is 7.61. The molecule has 0 saturated carbocycles. The lowest BCUT2D eigenvalue weighted by Gasteiger charge is -2.24. The first-order valence-corrected chi connectivity index (χ1v) is 4.78. The van der Waals surface area contributed by atoms with E-state index in [1.807, 2.05) is 6.07 Å². The summed E-state index contributed by atoms with van der Waals surface area (Å²) < 4.78 is 0. The molecule has 0 spiro atoms. The number of anilines is 1. The van der Waals surface area contributed by atoms with Crippen molar-refractivity contribution in [3.8, 4) is 6.07 Å². The van der Waals surface area contributed by atoms with Crippen molar-refractivity contribution >= 4 is 11.8 Å². The van der Waals surface area contributed by atoms with Gasteiger partial charge in [-0.15, -0.1) is 0 Å². The van der Waals surface area contributed by atoms with Gasteiger partial charge in [-0.1, -0.05) is 6.92 Å². The van der Waals surface area contributed by atoms with Gasteiger partial charge in [0.25, 0.3) is 0 Å². The fourth-order valence-electron chi connectivity index (χ4n) is 1.43. The molecule has 0 aliphatic rings. The fourth-order valence-corrected chi connectivity index (χ4v) is 1.43. The summed E-state index contributed by atoms with van der Waals surface area (Å²) in [6.45, 7) is 1.76. The standard InChI is InChI=1S/C10H12N4O2/c1-3-8(10(15)16)14(2)9-7(6-11)12-4-5-13-9/h4-5,8H,3H2,1-2H3,(H,15,16). The number of rotatable bonds is 4. The predicted octanol–water partition coefficient (Wildman–Crippen LogP) is 0.648. The Morgan fingerprint density at radius 2 is 2.25 bits per heavy atom. The minimum atomic E-state index is -0.945. The highest BCUT2D eigenvalue weighted by Crippen LogP contribution is 2.16. The molecule has 1 heterocycles. The SMILES string of the molecule is CCC(C(=O)O)N(C)c1nccnc1C#N. The molecule has 16 heavy (non-hydrogen) atoms. The maximum absolute atomic E-state index is 11.0. The molecular weight excluding hydrogens is 208 g/mol. The van der Waals surface area contributed by atoms with Crippen molar-refractivity contribution in [2.75, 3.05) is 11.9 Å². The highest BCUT2D eigenvalue weighted by Gasteiger charge is 2.23. The van der Waals surface area contributed by atoms with Crippen LogP contribution < -0.4 is 4.90 Å². The van der Waals surface area contributed by atoms with E-state index in [-0.39, 0.29) is 5.69 Å². The summed E-state index contributed by atoms with van der Waals surface area (Å²) in [6.07, 6.45) is 3.26. The highest BCUT2D eigenvalue weighted by molar-refractivity contribution is 5.77. The number of nitrogens with zero attached hydrogens (tertiary/aromatic N) is 4. The average molecular weight is 220 g/mol. The number of hydrogen-bond donors (Lipinski definition) is 1. The fraction of sp³-hybridized carbons (Fsp3) is 0.400. The summed E-state index contributed by atoms with van der Waals surface area (Å²) >= 11 is 0. The number of hydrogen-bond acceptors (Lipinski definition) is 5. The lowest BCUT2D eigenvalue weighted by Crippen LogP contribution is -2.39. The molecule has 1 atom stereocenters. The van der Waals surface area contributed by atoms with E-state index < -0.39 is 12.0 Å². The monoisotopic (exact) mass is 220 g/mol. The zero-order valence-electron chi connectivity index (χ0n) is 9.08. The molecule has 1 rings (SSSR count). The summed E-state index contributed by atoms with van der Waals surface area (Å²) in [5, 5.41) is 17.8. The molecule has 1 N–H and O–H groups in total. The zero-order valence-corrected chi connectivity index (χ0v) is 9.08. The molecule has 0 radical (unpaired) electrons. The smallest absolute Gasteiger partial charge is 0.326 e. The minimum absolute atomic E-state index is 0.129. The Morgan fingerprint density at radius 3 is 2.75 bits per heavy atom. The van der Waals surface area contributed by atoms with E-state index in [4.69, 9.17) is 10.4 Å². The van der Waals surface area contributed by atoms with E-state index >= 15 is 0 Å². The third-order valence-electron chi connectivity index (χ3n) is 2.26. The van der Waals surface area contributed by atoms with Crippen LogP contribution in [-0.2, 0) is 4.79 Å². The van der Waals surface area contributed by atoms with Crippen LogP contribution in [0.5, 0.6) is 0 Å². The van der Waals surface area contributed by atoms with Gasteiger partial charge < -0.3 is 10.0 Å².